The van der Waals surface area contributed by atoms with E-state index in [9.17, 15) is 0 Å². The molecule has 4 heteroatoms. The van der Waals surface area contributed by atoms with Crippen molar-refractivity contribution in [1.82, 2.24) is 10.3 Å². The summed E-state index contributed by atoms with van der Waals surface area (Å²) in [5, 5.41) is 3.48. The van der Waals surface area contributed by atoms with E-state index in [1.54, 1.807) is 6.20 Å². The fourth-order valence-electron chi connectivity index (χ4n) is 5.39. The highest BCUT2D eigenvalue weighted by Crippen LogP contribution is 2.25. The summed E-state index contributed by atoms with van der Waals surface area (Å²) in [6.45, 7) is 8.48. The summed E-state index contributed by atoms with van der Waals surface area (Å²) in [5.74, 6) is 2.67. The third kappa shape index (κ3) is 13.9. The summed E-state index contributed by atoms with van der Waals surface area (Å²) in [5.41, 5.74) is 3.77. The molecule has 0 amide bonds. The molecule has 1 fully saturated rings. The first-order valence-electron chi connectivity index (χ1n) is 16.9. The normalized spacial score (nSPS) is 14.6. The van der Waals surface area contributed by atoms with Crippen LogP contribution in [0, 0.1) is 0 Å². The van der Waals surface area contributed by atoms with Crippen LogP contribution in [0.1, 0.15) is 115 Å². The average Bonchev–Trinajstić information content (AvgIpc) is 3.06. The predicted octanol–water partition coefficient (Wildman–Crippen LogP) is 10.4. The summed E-state index contributed by atoms with van der Waals surface area (Å²) in [6, 6.07) is 21.1. The van der Waals surface area contributed by atoms with Crippen molar-refractivity contribution < 1.29 is 9.47 Å². The van der Waals surface area contributed by atoms with Crippen molar-refractivity contribution in [2.24, 2.45) is 0 Å². The predicted molar refractivity (Wildman–Crippen MR) is 179 cm³/mol. The maximum Gasteiger partial charge on any atom is 0.119 e. The smallest absolute Gasteiger partial charge is 0.119 e. The standard InChI is InChI=1S/C19H31NO.C19H25NO/c2*1-2-3-4-5-6-7-15-21-19-12-10-17(11-13-19)18-9-8-14-20-16-18/h10-13,18,20H,2-9,14-16H2,1H3;8-14,16H,2-7,15H2,1H3. The lowest BCUT2D eigenvalue weighted by molar-refractivity contribution is 0.304. The van der Waals surface area contributed by atoms with Crippen LogP contribution in [0.25, 0.3) is 11.1 Å². The molecule has 4 rings (SSSR count). The van der Waals surface area contributed by atoms with E-state index >= 15 is 0 Å². The van der Waals surface area contributed by atoms with Gasteiger partial charge < -0.3 is 14.8 Å². The number of hydrogen-bond donors (Lipinski definition) is 1. The minimum atomic E-state index is 0.686. The number of hydrogen-bond acceptors (Lipinski definition) is 4. The van der Waals surface area contributed by atoms with E-state index in [1.165, 1.54) is 101 Å². The number of piperidine rings is 1. The molecule has 1 N–H and O–H groups in total. The third-order valence-corrected chi connectivity index (χ3v) is 8.03. The number of rotatable bonds is 18. The molecule has 1 atom stereocenters. The first-order valence-corrected chi connectivity index (χ1v) is 16.9. The molecule has 2 heterocycles. The zero-order valence-corrected chi connectivity index (χ0v) is 26.5. The number of aromatic nitrogens is 1. The molecule has 0 radical (unpaired) electrons. The van der Waals surface area contributed by atoms with E-state index < -0.39 is 0 Å². The fraction of sp³-hybridized carbons (Fsp3) is 0.553. The molecule has 0 bridgehead atoms. The van der Waals surface area contributed by atoms with Crippen LogP contribution in [0.3, 0.4) is 0 Å². The SMILES string of the molecule is CCCCCCCCOc1ccc(-c2cccnc2)cc1.CCCCCCCCOc1ccc(C2CCCNC2)cc1. The van der Waals surface area contributed by atoms with E-state index in [2.05, 4.69) is 66.6 Å². The van der Waals surface area contributed by atoms with Gasteiger partial charge in [-0.05, 0) is 85.2 Å². The van der Waals surface area contributed by atoms with E-state index in [-0.39, 0.29) is 0 Å². The van der Waals surface area contributed by atoms with Gasteiger partial charge in [0.05, 0.1) is 13.2 Å². The van der Waals surface area contributed by atoms with Crippen LogP contribution in [-0.2, 0) is 0 Å². The van der Waals surface area contributed by atoms with E-state index in [0.29, 0.717) is 5.92 Å². The van der Waals surface area contributed by atoms with Gasteiger partial charge in [0, 0.05) is 18.9 Å². The van der Waals surface area contributed by atoms with Crippen molar-refractivity contribution in [3.05, 3.63) is 78.6 Å². The van der Waals surface area contributed by atoms with Crippen molar-refractivity contribution in [2.45, 2.75) is 110 Å². The lowest BCUT2D eigenvalue weighted by Crippen LogP contribution is -2.28. The van der Waals surface area contributed by atoms with Gasteiger partial charge in [0.25, 0.3) is 0 Å². The van der Waals surface area contributed by atoms with Crippen LogP contribution >= 0.6 is 0 Å². The average molecular weight is 573 g/mol. The van der Waals surface area contributed by atoms with E-state index in [4.69, 9.17) is 9.47 Å². The number of pyridine rings is 1. The topological polar surface area (TPSA) is 43.4 Å². The number of nitrogens with one attached hydrogen (secondary N) is 1. The molecule has 42 heavy (non-hydrogen) atoms. The maximum atomic E-state index is 5.84. The van der Waals surface area contributed by atoms with Crippen LogP contribution < -0.4 is 14.8 Å². The number of nitrogens with zero attached hydrogens (tertiary/aromatic N) is 1. The van der Waals surface area contributed by atoms with Crippen molar-refractivity contribution in [3.8, 4) is 22.6 Å². The summed E-state index contributed by atoms with van der Waals surface area (Å²) in [6.07, 6.45) is 21.9. The van der Waals surface area contributed by atoms with Gasteiger partial charge in [-0.3, -0.25) is 4.98 Å². The highest BCUT2D eigenvalue weighted by atomic mass is 16.5. The first-order chi connectivity index (χ1) is 20.8. The Kier molecular flexibility index (Phi) is 17.5. The molecule has 1 aliphatic rings. The van der Waals surface area contributed by atoms with Gasteiger partial charge in [-0.25, -0.2) is 0 Å². The lowest BCUT2D eigenvalue weighted by atomic mass is 9.92. The molecule has 2 aromatic carbocycles. The summed E-state index contributed by atoms with van der Waals surface area (Å²) < 4.78 is 11.6. The lowest BCUT2D eigenvalue weighted by Gasteiger charge is -2.23. The summed E-state index contributed by atoms with van der Waals surface area (Å²) in [7, 11) is 0. The van der Waals surface area contributed by atoms with Crippen molar-refractivity contribution >= 4 is 0 Å². The molecule has 1 aromatic heterocycles. The minimum Gasteiger partial charge on any atom is -0.494 e. The highest BCUT2D eigenvalue weighted by molar-refractivity contribution is 5.62. The van der Waals surface area contributed by atoms with Gasteiger partial charge >= 0.3 is 0 Å². The van der Waals surface area contributed by atoms with Gasteiger partial charge in [0.2, 0.25) is 0 Å². The molecule has 230 valence electrons. The Bertz CT molecular complexity index is 1030. The molecule has 0 spiro atoms. The summed E-state index contributed by atoms with van der Waals surface area (Å²) >= 11 is 0. The van der Waals surface area contributed by atoms with Gasteiger partial charge in [-0.15, -0.1) is 0 Å². The first kappa shape index (κ1) is 33.6. The molecular formula is C38H56N2O2. The Labute approximate surface area is 256 Å². The van der Waals surface area contributed by atoms with Crippen LogP contribution in [0.4, 0.5) is 0 Å². The zero-order valence-electron chi connectivity index (χ0n) is 26.5. The number of ether oxygens (including phenoxy) is 2. The van der Waals surface area contributed by atoms with Crippen LogP contribution in [-0.4, -0.2) is 31.3 Å². The molecule has 0 aliphatic carbocycles. The fourth-order valence-corrected chi connectivity index (χ4v) is 5.39. The monoisotopic (exact) mass is 572 g/mol. The number of benzene rings is 2. The van der Waals surface area contributed by atoms with Crippen LogP contribution in [0.5, 0.6) is 11.5 Å². The zero-order chi connectivity index (χ0) is 29.5. The van der Waals surface area contributed by atoms with E-state index in [1.807, 2.05) is 24.4 Å². The van der Waals surface area contributed by atoms with Gasteiger partial charge in [-0.1, -0.05) is 108 Å². The highest BCUT2D eigenvalue weighted by Gasteiger charge is 2.14. The molecule has 4 nitrogen and oxygen atoms in total. The van der Waals surface area contributed by atoms with Gasteiger partial charge in [0.15, 0.2) is 0 Å². The van der Waals surface area contributed by atoms with Crippen molar-refractivity contribution in [2.75, 3.05) is 26.3 Å². The molecule has 1 aliphatic heterocycles. The molecule has 1 unspecified atom stereocenters. The maximum absolute atomic E-state index is 5.84. The summed E-state index contributed by atoms with van der Waals surface area (Å²) in [4.78, 5) is 4.14. The largest absolute Gasteiger partial charge is 0.494 e. The molecule has 3 aromatic rings. The Hall–Kier alpha value is -2.85. The second kappa shape index (κ2) is 21.8. The van der Waals surface area contributed by atoms with Crippen molar-refractivity contribution in [1.29, 1.82) is 0 Å². The van der Waals surface area contributed by atoms with Gasteiger partial charge in [-0.2, -0.15) is 0 Å². The van der Waals surface area contributed by atoms with Crippen LogP contribution in [0.2, 0.25) is 0 Å². The molecule has 0 saturated carbocycles. The van der Waals surface area contributed by atoms with Gasteiger partial charge in [0.1, 0.15) is 11.5 Å². The Morgan fingerprint density at radius 2 is 1.24 bits per heavy atom. The number of unbranched alkanes of at least 4 members (excludes halogenated alkanes) is 10. The Morgan fingerprint density at radius 1 is 0.667 bits per heavy atom. The third-order valence-electron chi connectivity index (χ3n) is 8.03. The molecule has 1 saturated heterocycles. The minimum absolute atomic E-state index is 0.686. The van der Waals surface area contributed by atoms with E-state index in [0.717, 1.165) is 43.2 Å². The Morgan fingerprint density at radius 3 is 1.76 bits per heavy atom. The van der Waals surface area contributed by atoms with Crippen LogP contribution in [0.15, 0.2) is 73.1 Å². The Balaban J connectivity index is 0.000000230. The quantitative estimate of drug-likeness (QED) is 0.154. The van der Waals surface area contributed by atoms with Crippen molar-refractivity contribution in [3.63, 3.8) is 0 Å². The molecular weight excluding hydrogens is 516 g/mol. The second-order valence-corrected chi connectivity index (χ2v) is 11.6. The second-order valence-electron chi connectivity index (χ2n) is 11.6.